The number of Topliss-reactive ketones (excluding diaryl/α,β-unsaturated/α-hetero) is 6. The SMILES string of the molecule is COC(=O)C(C)CC(=O)CC(C)C1CC(=O)C2(C)C3=C(C(=O)C(=O)C12C)C1(C)CCC(=O)C(C)(C)C1CC3=O. The Morgan fingerprint density at radius 3 is 2.10 bits per heavy atom. The number of fused-ring (bicyclic) bond motifs is 4. The van der Waals surface area contributed by atoms with Crippen molar-refractivity contribution in [2.45, 2.75) is 87.0 Å². The van der Waals surface area contributed by atoms with Gasteiger partial charge in [0, 0.05) is 54.1 Å². The Hall–Kier alpha value is -2.77. The van der Waals surface area contributed by atoms with E-state index in [1.54, 1.807) is 41.5 Å². The molecule has 0 aromatic heterocycles. The molecular weight excluding hydrogens is 500 g/mol. The lowest BCUT2D eigenvalue weighted by Crippen LogP contribution is -2.62. The highest BCUT2D eigenvalue weighted by atomic mass is 16.5. The molecule has 0 spiro atoms. The number of carbonyl (C=O) groups is 7. The molecule has 0 radical (unpaired) electrons. The lowest BCUT2D eigenvalue weighted by Gasteiger charge is -2.57. The van der Waals surface area contributed by atoms with Crippen LogP contribution in [0.2, 0.25) is 0 Å². The molecule has 0 saturated heterocycles. The van der Waals surface area contributed by atoms with Crippen molar-refractivity contribution in [3.63, 3.8) is 0 Å². The number of carbonyl (C=O) groups excluding carboxylic acids is 7. The van der Waals surface area contributed by atoms with Crippen LogP contribution in [0.3, 0.4) is 0 Å². The molecule has 7 atom stereocenters. The van der Waals surface area contributed by atoms with Gasteiger partial charge in [-0.2, -0.15) is 0 Å². The molecular formula is C31H40O8. The van der Waals surface area contributed by atoms with Gasteiger partial charge >= 0.3 is 5.97 Å². The molecule has 7 unspecified atom stereocenters. The van der Waals surface area contributed by atoms with E-state index >= 15 is 0 Å². The Kier molecular flexibility index (Phi) is 6.84. The van der Waals surface area contributed by atoms with E-state index < -0.39 is 62.9 Å². The van der Waals surface area contributed by atoms with Crippen molar-refractivity contribution >= 4 is 40.7 Å². The van der Waals surface area contributed by atoms with Gasteiger partial charge in [0.15, 0.2) is 5.78 Å². The van der Waals surface area contributed by atoms with Crippen LogP contribution in [-0.2, 0) is 38.3 Å². The van der Waals surface area contributed by atoms with E-state index in [0.29, 0.717) is 6.42 Å². The molecule has 0 bridgehead atoms. The van der Waals surface area contributed by atoms with Gasteiger partial charge in [0.25, 0.3) is 0 Å². The number of ketones is 6. The molecule has 8 nitrogen and oxygen atoms in total. The molecule has 4 aliphatic rings. The zero-order chi connectivity index (χ0) is 29.5. The van der Waals surface area contributed by atoms with Crippen LogP contribution in [0.25, 0.3) is 0 Å². The summed E-state index contributed by atoms with van der Waals surface area (Å²) in [5, 5.41) is 0. The summed E-state index contributed by atoms with van der Waals surface area (Å²) in [6, 6.07) is 0. The van der Waals surface area contributed by atoms with E-state index in [1.165, 1.54) is 7.11 Å². The van der Waals surface area contributed by atoms with Crippen LogP contribution in [0, 0.1) is 45.3 Å². The summed E-state index contributed by atoms with van der Waals surface area (Å²) in [7, 11) is 1.26. The molecule has 0 aliphatic heterocycles. The molecule has 212 valence electrons. The highest BCUT2D eigenvalue weighted by Crippen LogP contribution is 2.68. The predicted octanol–water partition coefficient (Wildman–Crippen LogP) is 3.82. The van der Waals surface area contributed by atoms with Crippen molar-refractivity contribution in [3.05, 3.63) is 11.1 Å². The number of esters is 1. The topological polar surface area (TPSA) is 129 Å². The van der Waals surface area contributed by atoms with E-state index in [1.807, 2.05) is 6.92 Å². The number of allylic oxidation sites excluding steroid dienone is 2. The highest BCUT2D eigenvalue weighted by Gasteiger charge is 2.74. The molecule has 2 saturated carbocycles. The second kappa shape index (κ2) is 9.13. The quantitative estimate of drug-likeness (QED) is 0.367. The van der Waals surface area contributed by atoms with Crippen LogP contribution < -0.4 is 0 Å². The maximum absolute atomic E-state index is 14.1. The van der Waals surface area contributed by atoms with Crippen LogP contribution in [0.5, 0.6) is 0 Å². The fraction of sp³-hybridized carbons (Fsp3) is 0.710. The lowest BCUT2D eigenvalue weighted by molar-refractivity contribution is -0.156. The fourth-order valence-corrected chi connectivity index (χ4v) is 8.65. The largest absolute Gasteiger partial charge is 0.469 e. The zero-order valence-electron chi connectivity index (χ0n) is 24.3. The van der Waals surface area contributed by atoms with Gasteiger partial charge in [0.05, 0.1) is 23.9 Å². The Balaban J connectivity index is 1.78. The number of hydrogen-bond donors (Lipinski definition) is 0. The average Bonchev–Trinajstić information content (AvgIpc) is 3.07. The Morgan fingerprint density at radius 2 is 1.51 bits per heavy atom. The number of methoxy groups -OCH3 is 1. The van der Waals surface area contributed by atoms with Gasteiger partial charge in [-0.1, -0.05) is 41.5 Å². The van der Waals surface area contributed by atoms with Gasteiger partial charge in [0.1, 0.15) is 17.3 Å². The smallest absolute Gasteiger partial charge is 0.308 e. The van der Waals surface area contributed by atoms with E-state index in [0.717, 1.165) is 0 Å². The van der Waals surface area contributed by atoms with Crippen molar-refractivity contribution in [1.29, 1.82) is 0 Å². The molecule has 8 heteroatoms. The normalized spacial score (nSPS) is 37.2. The molecule has 0 aromatic carbocycles. The average molecular weight is 541 g/mol. The second-order valence-corrected chi connectivity index (χ2v) is 13.6. The summed E-state index contributed by atoms with van der Waals surface area (Å²) in [5.74, 6) is -4.81. The van der Waals surface area contributed by atoms with Crippen LogP contribution >= 0.6 is 0 Å². The fourth-order valence-electron chi connectivity index (χ4n) is 8.65. The lowest BCUT2D eigenvalue weighted by atomic mass is 9.42. The summed E-state index contributed by atoms with van der Waals surface area (Å²) < 4.78 is 4.71. The maximum atomic E-state index is 14.1. The first-order valence-electron chi connectivity index (χ1n) is 13.9. The van der Waals surface area contributed by atoms with Crippen LogP contribution in [0.4, 0.5) is 0 Å². The third kappa shape index (κ3) is 3.72. The van der Waals surface area contributed by atoms with Crippen molar-refractivity contribution < 1.29 is 38.3 Å². The summed E-state index contributed by atoms with van der Waals surface area (Å²) in [6.07, 6.45) is 0.599. The Labute approximate surface area is 229 Å². The Morgan fingerprint density at radius 1 is 0.897 bits per heavy atom. The monoisotopic (exact) mass is 540 g/mol. The predicted molar refractivity (Wildman–Crippen MR) is 140 cm³/mol. The molecule has 0 aromatic rings. The van der Waals surface area contributed by atoms with Crippen molar-refractivity contribution in [2.75, 3.05) is 7.11 Å². The van der Waals surface area contributed by atoms with Crippen LogP contribution in [-0.4, -0.2) is 47.8 Å². The van der Waals surface area contributed by atoms with Gasteiger partial charge in [-0.05, 0) is 31.1 Å². The van der Waals surface area contributed by atoms with Crippen LogP contribution in [0.15, 0.2) is 11.1 Å². The van der Waals surface area contributed by atoms with E-state index in [4.69, 9.17) is 4.74 Å². The minimum atomic E-state index is -1.49. The summed E-state index contributed by atoms with van der Waals surface area (Å²) in [6.45, 7) is 12.1. The third-order valence-electron chi connectivity index (χ3n) is 11.2. The number of ether oxygens (including phenoxy) is 1. The van der Waals surface area contributed by atoms with Gasteiger partial charge < -0.3 is 4.74 Å². The van der Waals surface area contributed by atoms with Crippen molar-refractivity contribution in [2.24, 2.45) is 45.3 Å². The minimum absolute atomic E-state index is 0.0266. The number of hydrogen-bond acceptors (Lipinski definition) is 8. The third-order valence-corrected chi connectivity index (χ3v) is 11.2. The first-order chi connectivity index (χ1) is 17.9. The van der Waals surface area contributed by atoms with E-state index in [-0.39, 0.29) is 66.4 Å². The molecule has 0 amide bonds. The Bertz CT molecular complexity index is 1250. The zero-order valence-corrected chi connectivity index (χ0v) is 24.3. The van der Waals surface area contributed by atoms with Crippen LogP contribution in [0.1, 0.15) is 87.0 Å². The standard InChI is InChI=1S/C31H40O8/c1-15(11-17(32)12-16(2)27(38)39-8)18-13-22(35)31(7)23-19(33)14-20-28(3,4)21(34)9-10-29(20,5)24(23)25(36)26(37)30(18,31)6/h15-16,18,20H,9-14H2,1-8H3. The summed E-state index contributed by atoms with van der Waals surface area (Å²) in [5.41, 5.74) is -4.40. The first kappa shape index (κ1) is 29.2. The van der Waals surface area contributed by atoms with E-state index in [9.17, 15) is 33.6 Å². The van der Waals surface area contributed by atoms with Gasteiger partial charge in [-0.15, -0.1) is 0 Å². The number of rotatable bonds is 6. The molecule has 39 heavy (non-hydrogen) atoms. The summed E-state index contributed by atoms with van der Waals surface area (Å²) >= 11 is 0. The molecule has 2 fully saturated rings. The second-order valence-electron chi connectivity index (χ2n) is 13.6. The maximum Gasteiger partial charge on any atom is 0.308 e. The minimum Gasteiger partial charge on any atom is -0.469 e. The summed E-state index contributed by atoms with van der Waals surface area (Å²) in [4.78, 5) is 93.4. The first-order valence-corrected chi connectivity index (χ1v) is 13.9. The van der Waals surface area contributed by atoms with Gasteiger partial charge in [-0.25, -0.2) is 0 Å². The van der Waals surface area contributed by atoms with E-state index in [2.05, 4.69) is 0 Å². The highest BCUT2D eigenvalue weighted by molar-refractivity contribution is 6.49. The van der Waals surface area contributed by atoms with Gasteiger partial charge in [-0.3, -0.25) is 33.6 Å². The molecule has 0 heterocycles. The van der Waals surface area contributed by atoms with Crippen molar-refractivity contribution in [3.8, 4) is 0 Å². The molecule has 0 N–H and O–H groups in total. The molecule has 4 aliphatic carbocycles. The van der Waals surface area contributed by atoms with Crippen molar-refractivity contribution in [1.82, 2.24) is 0 Å². The van der Waals surface area contributed by atoms with Gasteiger partial charge in [0.2, 0.25) is 11.6 Å². The molecule has 4 rings (SSSR count).